The summed E-state index contributed by atoms with van der Waals surface area (Å²) in [6.45, 7) is 4.48. The van der Waals surface area contributed by atoms with Crippen LogP contribution >= 0.6 is 0 Å². The van der Waals surface area contributed by atoms with Crippen LogP contribution in [0.5, 0.6) is 0 Å². The van der Waals surface area contributed by atoms with Crippen LogP contribution in [0.3, 0.4) is 0 Å². The number of anilines is 1. The number of hydrogen-bond donors (Lipinski definition) is 0. The molecule has 0 unspecified atom stereocenters. The smallest absolute Gasteiger partial charge is 0.265 e. The molecule has 1 atom stereocenters. The van der Waals surface area contributed by atoms with E-state index in [4.69, 9.17) is 9.26 Å². The third kappa shape index (κ3) is 3.68. The number of ether oxygens (including phenoxy) is 1. The molecule has 3 rings (SSSR count). The molecular weight excluding hydrogens is 299 g/mol. The maximum absolute atomic E-state index is 13.4. The van der Waals surface area contributed by atoms with E-state index >= 15 is 0 Å². The van der Waals surface area contributed by atoms with Crippen LogP contribution in [0.15, 0.2) is 22.7 Å². The molecule has 0 radical (unpaired) electrons. The molecule has 7 heteroatoms. The Balaban J connectivity index is 1.66. The highest BCUT2D eigenvalue weighted by Crippen LogP contribution is 2.25. The molecule has 0 amide bonds. The lowest BCUT2D eigenvalue weighted by atomic mass is 10.0. The first-order valence-corrected chi connectivity index (χ1v) is 7.63. The first kappa shape index (κ1) is 15.9. The fraction of sp³-hybridized carbons (Fsp3) is 0.500. The largest absolute Gasteiger partial charge is 0.371 e. The molecule has 0 bridgehead atoms. The maximum Gasteiger partial charge on any atom is 0.265 e. The molecule has 1 fully saturated rings. The van der Waals surface area contributed by atoms with Gasteiger partial charge in [-0.1, -0.05) is 12.1 Å². The third-order valence-electron chi connectivity index (χ3n) is 3.92. The standard InChI is InChI=1S/C16H21FN4O2/c1-11-8-12(4-5-13(11)17)14-9-21(6-7-22-14)10-15-18-16(19-23-15)20(2)3/h4-5,8,14H,6-7,9-10H2,1-3H3/t14-/m1/s1. The Hall–Kier alpha value is -1.99. The van der Waals surface area contributed by atoms with Crippen LogP contribution in [0.4, 0.5) is 10.3 Å². The lowest BCUT2D eigenvalue weighted by Crippen LogP contribution is -2.37. The van der Waals surface area contributed by atoms with Gasteiger partial charge in [0.05, 0.1) is 19.3 Å². The second kappa shape index (κ2) is 6.64. The zero-order chi connectivity index (χ0) is 16.4. The second-order valence-corrected chi connectivity index (χ2v) is 5.99. The fourth-order valence-corrected chi connectivity index (χ4v) is 2.60. The highest BCUT2D eigenvalue weighted by Gasteiger charge is 2.24. The van der Waals surface area contributed by atoms with E-state index in [1.165, 1.54) is 6.07 Å². The maximum atomic E-state index is 13.4. The van der Waals surface area contributed by atoms with Crippen LogP contribution < -0.4 is 4.90 Å². The van der Waals surface area contributed by atoms with E-state index in [0.717, 1.165) is 12.1 Å². The normalized spacial score (nSPS) is 19.0. The molecule has 1 saturated heterocycles. The number of benzene rings is 1. The van der Waals surface area contributed by atoms with Gasteiger partial charge >= 0.3 is 0 Å². The molecule has 0 saturated carbocycles. The summed E-state index contributed by atoms with van der Waals surface area (Å²) < 4.78 is 24.5. The Morgan fingerprint density at radius 3 is 2.91 bits per heavy atom. The number of aryl methyl sites for hydroxylation is 1. The molecule has 124 valence electrons. The van der Waals surface area contributed by atoms with Crippen LogP contribution in [0.1, 0.15) is 23.1 Å². The van der Waals surface area contributed by atoms with Gasteiger partial charge in [0, 0.05) is 27.2 Å². The van der Waals surface area contributed by atoms with Gasteiger partial charge < -0.3 is 14.2 Å². The number of hydrogen-bond acceptors (Lipinski definition) is 6. The molecule has 2 heterocycles. The molecule has 0 N–H and O–H groups in total. The number of aromatic nitrogens is 2. The number of rotatable bonds is 4. The van der Waals surface area contributed by atoms with E-state index in [1.54, 1.807) is 17.9 Å². The Kier molecular flexibility index (Phi) is 4.58. The van der Waals surface area contributed by atoms with Crippen LogP contribution in [-0.4, -0.2) is 48.8 Å². The predicted octanol–water partition coefficient (Wildman–Crippen LogP) is 2.16. The van der Waals surface area contributed by atoms with Crippen molar-refractivity contribution in [2.24, 2.45) is 0 Å². The molecule has 6 nitrogen and oxygen atoms in total. The Morgan fingerprint density at radius 2 is 2.22 bits per heavy atom. The molecule has 1 aliphatic heterocycles. The van der Waals surface area contributed by atoms with Crippen molar-refractivity contribution in [3.8, 4) is 0 Å². The average Bonchev–Trinajstić information content (AvgIpc) is 2.99. The van der Waals surface area contributed by atoms with Gasteiger partial charge in [-0.15, -0.1) is 0 Å². The number of morpholine rings is 1. The Bertz CT molecular complexity index is 674. The van der Waals surface area contributed by atoms with Crippen molar-refractivity contribution in [2.75, 3.05) is 38.7 Å². The second-order valence-electron chi connectivity index (χ2n) is 5.99. The first-order valence-electron chi connectivity index (χ1n) is 7.63. The van der Waals surface area contributed by atoms with Gasteiger partial charge in [-0.05, 0) is 29.3 Å². The van der Waals surface area contributed by atoms with Gasteiger partial charge in [0.15, 0.2) is 0 Å². The van der Waals surface area contributed by atoms with Gasteiger partial charge in [-0.25, -0.2) is 4.39 Å². The summed E-state index contributed by atoms with van der Waals surface area (Å²) in [5.74, 6) is 0.965. The summed E-state index contributed by atoms with van der Waals surface area (Å²) in [5.41, 5.74) is 1.63. The van der Waals surface area contributed by atoms with E-state index in [-0.39, 0.29) is 11.9 Å². The Morgan fingerprint density at radius 1 is 1.39 bits per heavy atom. The molecule has 0 aliphatic carbocycles. The fourth-order valence-electron chi connectivity index (χ4n) is 2.60. The number of halogens is 1. The summed E-state index contributed by atoms with van der Waals surface area (Å²) >= 11 is 0. The third-order valence-corrected chi connectivity index (χ3v) is 3.92. The van der Waals surface area contributed by atoms with E-state index in [0.29, 0.717) is 37.1 Å². The highest BCUT2D eigenvalue weighted by atomic mass is 19.1. The van der Waals surface area contributed by atoms with Gasteiger partial charge in [-0.2, -0.15) is 4.98 Å². The quantitative estimate of drug-likeness (QED) is 0.860. The minimum atomic E-state index is -0.191. The van der Waals surface area contributed by atoms with E-state index in [2.05, 4.69) is 15.0 Å². The Labute approximate surface area is 134 Å². The van der Waals surface area contributed by atoms with Crippen molar-refractivity contribution in [3.05, 3.63) is 41.0 Å². The average molecular weight is 320 g/mol. The van der Waals surface area contributed by atoms with Crippen molar-refractivity contribution in [2.45, 2.75) is 19.6 Å². The topological polar surface area (TPSA) is 54.6 Å². The highest BCUT2D eigenvalue weighted by molar-refractivity contribution is 5.26. The minimum Gasteiger partial charge on any atom is -0.371 e. The molecule has 23 heavy (non-hydrogen) atoms. The van der Waals surface area contributed by atoms with Crippen LogP contribution in [0.25, 0.3) is 0 Å². The minimum absolute atomic E-state index is 0.0701. The van der Waals surface area contributed by atoms with Gasteiger partial charge in [0.25, 0.3) is 5.95 Å². The SMILES string of the molecule is Cc1cc([C@H]2CN(Cc3nc(N(C)C)no3)CCO2)ccc1F. The monoisotopic (exact) mass is 320 g/mol. The van der Waals surface area contributed by atoms with Gasteiger partial charge in [-0.3, -0.25) is 4.90 Å². The summed E-state index contributed by atoms with van der Waals surface area (Å²) in [7, 11) is 3.74. The van der Waals surface area contributed by atoms with Crippen molar-refractivity contribution in [3.63, 3.8) is 0 Å². The summed E-state index contributed by atoms with van der Waals surface area (Å²) in [5, 5.41) is 3.92. The lowest BCUT2D eigenvalue weighted by Gasteiger charge is -2.32. The van der Waals surface area contributed by atoms with Gasteiger partial charge in [0.2, 0.25) is 5.89 Å². The molecule has 1 aromatic heterocycles. The van der Waals surface area contributed by atoms with Gasteiger partial charge in [0.1, 0.15) is 5.82 Å². The zero-order valence-electron chi connectivity index (χ0n) is 13.6. The van der Waals surface area contributed by atoms with Crippen molar-refractivity contribution < 1.29 is 13.7 Å². The van der Waals surface area contributed by atoms with Crippen molar-refractivity contribution in [1.82, 2.24) is 15.0 Å². The van der Waals surface area contributed by atoms with Crippen molar-refractivity contribution >= 4 is 5.95 Å². The van der Waals surface area contributed by atoms with Crippen LogP contribution in [0, 0.1) is 12.7 Å². The number of nitrogens with zero attached hydrogens (tertiary/aromatic N) is 4. The van der Waals surface area contributed by atoms with Crippen LogP contribution in [0.2, 0.25) is 0 Å². The molecule has 2 aromatic rings. The zero-order valence-corrected chi connectivity index (χ0v) is 13.6. The lowest BCUT2D eigenvalue weighted by molar-refractivity contribution is -0.0356. The molecule has 0 spiro atoms. The first-order chi connectivity index (χ1) is 11.0. The van der Waals surface area contributed by atoms with Crippen molar-refractivity contribution in [1.29, 1.82) is 0 Å². The summed E-state index contributed by atoms with van der Waals surface area (Å²) in [4.78, 5) is 8.35. The molecular formula is C16H21FN4O2. The summed E-state index contributed by atoms with van der Waals surface area (Å²) in [6.07, 6.45) is -0.0701. The van der Waals surface area contributed by atoms with E-state index in [9.17, 15) is 4.39 Å². The summed E-state index contributed by atoms with van der Waals surface area (Å²) in [6, 6.07) is 5.13. The van der Waals surface area contributed by atoms with Crippen LogP contribution in [-0.2, 0) is 11.3 Å². The van der Waals surface area contributed by atoms with E-state index < -0.39 is 0 Å². The molecule has 1 aliphatic rings. The van der Waals surface area contributed by atoms with E-state index in [1.807, 2.05) is 20.2 Å². The molecule has 1 aromatic carbocycles. The predicted molar refractivity (Wildman–Crippen MR) is 83.7 cm³/mol.